The molecule has 2 N–H and O–H groups in total. The van der Waals surface area contributed by atoms with Gasteiger partial charge in [-0.2, -0.15) is 4.31 Å². The molecule has 2 aliphatic heterocycles. The van der Waals surface area contributed by atoms with Crippen LogP contribution in [-0.2, 0) is 16.6 Å². The van der Waals surface area contributed by atoms with Crippen LogP contribution >= 0.6 is 11.6 Å². The molecule has 8 heteroatoms. The SMILES string of the molecule is O=S(=O)(c1ccc(Cl)cc1)N1CCC(Cn2ccc3cc(C4CNNC4)ccc32)CC1. The fourth-order valence-corrected chi connectivity index (χ4v) is 6.29. The number of fused-ring (bicyclic) bond motifs is 1. The first-order chi connectivity index (χ1) is 15.0. The maximum Gasteiger partial charge on any atom is 0.243 e. The average Bonchev–Trinajstić information content (AvgIpc) is 3.45. The zero-order valence-corrected chi connectivity index (χ0v) is 18.9. The summed E-state index contributed by atoms with van der Waals surface area (Å²) in [5.41, 5.74) is 9.01. The lowest BCUT2D eigenvalue weighted by Crippen LogP contribution is -2.39. The van der Waals surface area contributed by atoms with E-state index in [9.17, 15) is 8.42 Å². The lowest BCUT2D eigenvalue weighted by Gasteiger charge is -2.31. The molecule has 0 radical (unpaired) electrons. The van der Waals surface area contributed by atoms with Crippen LogP contribution in [0.2, 0.25) is 5.02 Å². The van der Waals surface area contributed by atoms with Crippen LogP contribution in [0.4, 0.5) is 0 Å². The van der Waals surface area contributed by atoms with Crippen molar-refractivity contribution in [3.05, 3.63) is 65.3 Å². The molecule has 2 saturated heterocycles. The summed E-state index contributed by atoms with van der Waals surface area (Å²) in [6.45, 7) is 3.96. The summed E-state index contributed by atoms with van der Waals surface area (Å²) in [4.78, 5) is 0.315. The van der Waals surface area contributed by atoms with Crippen molar-refractivity contribution in [2.45, 2.75) is 30.2 Å². The summed E-state index contributed by atoms with van der Waals surface area (Å²) in [5, 5.41) is 1.81. The molecule has 0 atom stereocenters. The van der Waals surface area contributed by atoms with Crippen LogP contribution in [0.3, 0.4) is 0 Å². The maximum absolute atomic E-state index is 12.9. The van der Waals surface area contributed by atoms with E-state index in [4.69, 9.17) is 11.6 Å². The lowest BCUT2D eigenvalue weighted by molar-refractivity contribution is 0.254. The molecular formula is C23H27ClN4O2S. The van der Waals surface area contributed by atoms with E-state index in [-0.39, 0.29) is 0 Å². The molecule has 0 bridgehead atoms. The minimum atomic E-state index is -3.45. The Hall–Kier alpha value is -1.90. The molecule has 6 nitrogen and oxygen atoms in total. The zero-order chi connectivity index (χ0) is 21.4. The second-order valence-corrected chi connectivity index (χ2v) is 10.9. The highest BCUT2D eigenvalue weighted by Crippen LogP contribution is 2.28. The van der Waals surface area contributed by atoms with Gasteiger partial charge in [-0.25, -0.2) is 8.42 Å². The molecule has 2 aromatic carbocycles. The van der Waals surface area contributed by atoms with Crippen LogP contribution in [0.1, 0.15) is 24.3 Å². The van der Waals surface area contributed by atoms with E-state index in [1.807, 2.05) is 0 Å². The summed E-state index contributed by atoms with van der Waals surface area (Å²) in [6, 6.07) is 15.4. The third-order valence-corrected chi connectivity index (χ3v) is 8.73. The third kappa shape index (κ3) is 4.25. The molecule has 0 spiro atoms. The normalized spacial score (nSPS) is 19.4. The van der Waals surface area contributed by atoms with Gasteiger partial charge >= 0.3 is 0 Å². The quantitative estimate of drug-likeness (QED) is 0.613. The number of sulfonamides is 1. The summed E-state index contributed by atoms with van der Waals surface area (Å²) in [7, 11) is -3.45. The number of piperidine rings is 1. The van der Waals surface area contributed by atoms with E-state index in [1.54, 1.807) is 28.6 Å². The molecule has 3 heterocycles. The van der Waals surface area contributed by atoms with Crippen molar-refractivity contribution in [3.8, 4) is 0 Å². The average molecular weight is 459 g/mol. The number of benzene rings is 2. The Balaban J connectivity index is 1.24. The number of halogens is 1. The van der Waals surface area contributed by atoms with Gasteiger partial charge in [0.05, 0.1) is 4.90 Å². The molecule has 31 heavy (non-hydrogen) atoms. The van der Waals surface area contributed by atoms with Crippen molar-refractivity contribution >= 4 is 32.5 Å². The highest BCUT2D eigenvalue weighted by Gasteiger charge is 2.29. The number of nitrogens with zero attached hydrogens (tertiary/aromatic N) is 2. The van der Waals surface area contributed by atoms with Gasteiger partial charge in [-0.05, 0) is 72.2 Å². The van der Waals surface area contributed by atoms with Crippen LogP contribution in [0.5, 0.6) is 0 Å². The van der Waals surface area contributed by atoms with Gasteiger partial charge in [-0.3, -0.25) is 10.9 Å². The fraction of sp³-hybridized carbons (Fsp3) is 0.391. The van der Waals surface area contributed by atoms with Gasteiger partial charge < -0.3 is 4.57 Å². The Morgan fingerprint density at radius 2 is 1.68 bits per heavy atom. The summed E-state index contributed by atoms with van der Waals surface area (Å²) in [6.07, 6.45) is 3.89. The predicted octanol–water partition coefficient (Wildman–Crippen LogP) is 3.59. The molecule has 2 fully saturated rings. The second-order valence-electron chi connectivity index (χ2n) is 8.55. The van der Waals surface area contributed by atoms with Gasteiger partial charge in [0, 0.05) is 55.4 Å². The molecule has 164 valence electrons. The standard InChI is InChI=1S/C23H27ClN4O2S/c24-21-2-4-22(5-3-21)31(29,30)28-11-7-17(8-12-28)16-27-10-9-19-13-18(1-6-23(19)27)20-14-25-26-15-20/h1-6,9-10,13,17,20,25-26H,7-8,11-12,14-16H2. The number of hydrogen-bond acceptors (Lipinski definition) is 4. The number of nitrogens with one attached hydrogen (secondary N) is 2. The summed E-state index contributed by atoms with van der Waals surface area (Å²) < 4.78 is 29.7. The highest BCUT2D eigenvalue weighted by atomic mass is 35.5. The van der Waals surface area contributed by atoms with Gasteiger partial charge in [-0.15, -0.1) is 0 Å². The van der Waals surface area contributed by atoms with Crippen molar-refractivity contribution in [2.24, 2.45) is 5.92 Å². The van der Waals surface area contributed by atoms with Crippen molar-refractivity contribution in [3.63, 3.8) is 0 Å². The Morgan fingerprint density at radius 3 is 2.39 bits per heavy atom. The lowest BCUT2D eigenvalue weighted by atomic mass is 9.97. The number of aromatic nitrogens is 1. The predicted molar refractivity (Wildman–Crippen MR) is 124 cm³/mol. The Bertz CT molecular complexity index is 1160. The van der Waals surface area contributed by atoms with Crippen molar-refractivity contribution in [1.29, 1.82) is 0 Å². The first-order valence-corrected chi connectivity index (χ1v) is 12.6. The Labute approximate surface area is 188 Å². The molecule has 1 aromatic heterocycles. The van der Waals surface area contributed by atoms with E-state index in [2.05, 4.69) is 45.9 Å². The van der Waals surface area contributed by atoms with Gasteiger partial charge in [0.2, 0.25) is 10.0 Å². The number of rotatable bonds is 5. The molecule has 5 rings (SSSR count). The van der Waals surface area contributed by atoms with Crippen molar-refractivity contribution in [2.75, 3.05) is 26.2 Å². The minimum absolute atomic E-state index is 0.315. The van der Waals surface area contributed by atoms with Crippen molar-refractivity contribution < 1.29 is 8.42 Å². The molecule has 0 aliphatic carbocycles. The second kappa shape index (κ2) is 8.56. The molecule has 0 unspecified atom stereocenters. The molecule has 2 aliphatic rings. The highest BCUT2D eigenvalue weighted by molar-refractivity contribution is 7.89. The van der Waals surface area contributed by atoms with Gasteiger partial charge in [0.1, 0.15) is 0 Å². The van der Waals surface area contributed by atoms with Crippen LogP contribution in [0, 0.1) is 5.92 Å². The van der Waals surface area contributed by atoms with Gasteiger partial charge in [-0.1, -0.05) is 17.7 Å². The summed E-state index contributed by atoms with van der Waals surface area (Å²) in [5.74, 6) is 0.981. The smallest absolute Gasteiger partial charge is 0.243 e. The molecular weight excluding hydrogens is 432 g/mol. The summed E-state index contributed by atoms with van der Waals surface area (Å²) >= 11 is 5.90. The number of hydrazine groups is 1. The van der Waals surface area contributed by atoms with Crippen molar-refractivity contribution in [1.82, 2.24) is 19.7 Å². The van der Waals surface area contributed by atoms with E-state index >= 15 is 0 Å². The minimum Gasteiger partial charge on any atom is -0.347 e. The topological polar surface area (TPSA) is 66.4 Å². The first kappa shape index (κ1) is 21.0. The zero-order valence-electron chi connectivity index (χ0n) is 17.3. The molecule has 0 amide bonds. The maximum atomic E-state index is 12.9. The van der Waals surface area contributed by atoms with Crippen LogP contribution in [0.15, 0.2) is 59.6 Å². The van der Waals surface area contributed by atoms with Gasteiger partial charge in [0.25, 0.3) is 0 Å². The van der Waals surface area contributed by atoms with Crippen LogP contribution in [0.25, 0.3) is 10.9 Å². The van der Waals surface area contributed by atoms with Gasteiger partial charge in [0.15, 0.2) is 0 Å². The number of hydrogen-bond donors (Lipinski definition) is 2. The Kier molecular flexibility index (Phi) is 5.79. The van der Waals surface area contributed by atoms with E-state index in [0.717, 1.165) is 32.5 Å². The molecule has 0 saturated carbocycles. The van der Waals surface area contributed by atoms with E-state index in [0.29, 0.717) is 34.8 Å². The van der Waals surface area contributed by atoms with Crippen LogP contribution < -0.4 is 10.9 Å². The first-order valence-electron chi connectivity index (χ1n) is 10.8. The van der Waals surface area contributed by atoms with E-state index < -0.39 is 10.0 Å². The largest absolute Gasteiger partial charge is 0.347 e. The Morgan fingerprint density at radius 1 is 0.968 bits per heavy atom. The van der Waals surface area contributed by atoms with E-state index in [1.165, 1.54) is 16.5 Å². The monoisotopic (exact) mass is 458 g/mol. The third-order valence-electron chi connectivity index (χ3n) is 6.57. The fourth-order valence-electron chi connectivity index (χ4n) is 4.70. The molecule has 3 aromatic rings. The van der Waals surface area contributed by atoms with Crippen LogP contribution in [-0.4, -0.2) is 43.5 Å².